The van der Waals surface area contributed by atoms with Gasteiger partial charge in [-0.15, -0.1) is 0 Å². The monoisotopic (exact) mass is 1890 g/mol. The van der Waals surface area contributed by atoms with E-state index in [9.17, 15) is 75.6 Å². The summed E-state index contributed by atoms with van der Waals surface area (Å²) in [4.78, 5) is 186. The van der Waals surface area contributed by atoms with Crippen LogP contribution in [-0.2, 0) is 109 Å². The Morgan fingerprint density at radius 2 is 1.21 bits per heavy atom. The number of likely N-dealkylation sites (tertiary alicyclic amines) is 1. The Morgan fingerprint density at radius 3 is 1.83 bits per heavy atom. The third kappa shape index (κ3) is 37.3. The minimum atomic E-state index is -4.42. The van der Waals surface area contributed by atoms with E-state index in [1.165, 1.54) is 26.2 Å². The first kappa shape index (κ1) is 112. The standard InChI is InChI=1S/C99H144N10O24S/c1-15-67(8)91(85(127-13)61-88(116)108-48-24-34-82(108)93(128-14)68(9)94(118)103-69(10)92(117)73-28-17-16-18-29-73)106(11)97(121)80(64(2)3)60-84(113)90(66(6)7)107(12)99(123)133-63-70-35-40-77(41-36-70)104-95(119)74(31-23-46-102-98(100)122)59-83(112)89(65(4)5)105-96(120)75(39-43-86(114)101-47-57-134(124,125)126)58-79(111)45-50-130-52-54-132-56-55-131-53-51-129-49-25-32-78(110)42-44-87(115)109-62-76-30-20-19-26-71(76)37-38-72-27-21-22-33-81(72)109/h16-22,26-30,33,35-36,40-41,64-69,74-75,80,82,85,89-93,117H,15,23-25,31-32,34,39,42-63H2,1-14H3,(H,101,114)(H,103,118)(H,104,119)(H,105,120)(H3,100,102,122)(H,124,125,126)/t67-,68+,69+,74+,75-,80-,82-,85+,89-,90-,91-,92+,93+/m0/s1. The number of para-hydroxylation sites is 1. The second-order valence-corrected chi connectivity index (χ2v) is 37.3. The number of likely N-dealkylation sites (N-methyl/N-ethyl adjacent to an activating group) is 2. The molecule has 13 atom stereocenters. The molecule has 10 amide bonds. The van der Waals surface area contributed by atoms with E-state index in [4.69, 9.17) is 38.9 Å². The van der Waals surface area contributed by atoms with Crippen molar-refractivity contribution in [1.29, 1.82) is 0 Å². The average molecular weight is 1890 g/mol. The van der Waals surface area contributed by atoms with Crippen molar-refractivity contribution in [3.05, 3.63) is 131 Å². The highest BCUT2D eigenvalue weighted by molar-refractivity contribution is 7.85. The van der Waals surface area contributed by atoms with Gasteiger partial charge in [-0.2, -0.15) is 8.42 Å². The molecule has 0 spiro atoms. The van der Waals surface area contributed by atoms with Gasteiger partial charge in [-0.05, 0) is 116 Å². The molecular formula is C99H144N10O24S. The van der Waals surface area contributed by atoms with Crippen LogP contribution in [0.5, 0.6) is 0 Å². The van der Waals surface area contributed by atoms with Crippen LogP contribution in [0.3, 0.4) is 0 Å². The van der Waals surface area contributed by atoms with Gasteiger partial charge in [-0.3, -0.25) is 57.3 Å². The van der Waals surface area contributed by atoms with Crippen molar-refractivity contribution in [2.75, 3.05) is 117 Å². The lowest BCUT2D eigenvalue weighted by Gasteiger charge is -2.41. The molecule has 2 aliphatic rings. The van der Waals surface area contributed by atoms with E-state index in [1.54, 1.807) is 99.7 Å². The number of rotatable bonds is 62. The van der Waals surface area contributed by atoms with Crippen LogP contribution in [0, 0.1) is 59.2 Å². The Morgan fingerprint density at radius 1 is 0.590 bits per heavy atom. The average Bonchev–Trinajstić information content (AvgIpc) is 1.06. The van der Waals surface area contributed by atoms with Crippen molar-refractivity contribution in [1.82, 2.24) is 36.0 Å². The number of hydrogen-bond acceptors (Lipinski definition) is 23. The fraction of sp³-hybridized carbons (Fsp3) is 0.606. The van der Waals surface area contributed by atoms with Gasteiger partial charge in [0, 0.05) is 140 Å². The second-order valence-electron chi connectivity index (χ2n) is 35.7. The number of carbonyl (C=O) groups is 13. The Labute approximate surface area is 789 Å². The van der Waals surface area contributed by atoms with Crippen LogP contribution in [-0.4, -0.2) is 258 Å². The van der Waals surface area contributed by atoms with E-state index in [2.05, 4.69) is 38.4 Å². The van der Waals surface area contributed by atoms with Gasteiger partial charge in [0.15, 0.2) is 11.6 Å². The first-order valence-corrected chi connectivity index (χ1v) is 48.3. The van der Waals surface area contributed by atoms with Crippen molar-refractivity contribution in [2.24, 2.45) is 53.1 Å². The summed E-state index contributed by atoms with van der Waals surface area (Å²) >= 11 is 0. The largest absolute Gasteiger partial charge is 0.445 e. The molecule has 134 heavy (non-hydrogen) atoms. The SMILES string of the molecule is CC[C@H](C)[C@@H]([C@@H](CC(=O)N1CCC[C@H]1[C@H](OC)[C@@H](C)C(=O)N[C@H](C)[C@@H](O)c1ccccc1)OC)N(C)C(=O)[C@@H](CC(=O)[C@H](C(C)C)N(C)C(=O)OCc1ccc(NC(=O)[C@H](CCCNC(N)=O)CC(=O)[C@@H](NC(=O)[C@@H](CCC(=O)NCCS(=O)(=O)O)CC(=O)CCOCCOCCOCCOCCCC(=O)CCC(=O)N2Cc3ccccc3C#Cc3ccccc32)C(C)C)cc1)C(C)C. The fourth-order valence-corrected chi connectivity index (χ4v) is 17.2. The predicted octanol–water partition coefficient (Wildman–Crippen LogP) is 9.66. The summed E-state index contributed by atoms with van der Waals surface area (Å²) in [5.41, 5.74) is 10.0. The van der Waals surface area contributed by atoms with Gasteiger partial charge in [-0.1, -0.05) is 153 Å². The van der Waals surface area contributed by atoms with E-state index in [0.29, 0.717) is 62.2 Å². The molecule has 1 saturated heterocycles. The van der Waals surface area contributed by atoms with Crippen LogP contribution in [0.1, 0.15) is 206 Å². The number of ketones is 4. The number of nitrogens with zero attached hydrogens (tertiary/aromatic N) is 4. The number of aliphatic hydroxyl groups is 1. The molecule has 34 nitrogen and oxygen atoms in total. The van der Waals surface area contributed by atoms with E-state index in [0.717, 1.165) is 16.7 Å². The van der Waals surface area contributed by atoms with Gasteiger partial charge in [0.1, 0.15) is 18.2 Å². The summed E-state index contributed by atoms with van der Waals surface area (Å²) in [6, 6.07) is 25.8. The van der Waals surface area contributed by atoms with Crippen LogP contribution in [0.2, 0.25) is 0 Å². The highest BCUT2D eigenvalue weighted by Crippen LogP contribution is 2.34. The first-order valence-electron chi connectivity index (χ1n) is 46.7. The first-order chi connectivity index (χ1) is 63.8. The van der Waals surface area contributed by atoms with Crippen molar-refractivity contribution in [3.63, 3.8) is 0 Å². The number of hydrogen-bond donors (Lipinski definition) is 8. The van der Waals surface area contributed by atoms with Gasteiger partial charge in [-0.25, -0.2) is 9.59 Å². The molecule has 0 aliphatic carbocycles. The molecule has 1 fully saturated rings. The normalized spacial score (nSPS) is 15.8. The molecule has 4 aromatic rings. The van der Waals surface area contributed by atoms with Gasteiger partial charge in [0.05, 0.1) is 125 Å². The molecule has 35 heteroatoms. The molecule has 4 aromatic carbocycles. The molecule has 740 valence electrons. The summed E-state index contributed by atoms with van der Waals surface area (Å²) in [5.74, 6) is -4.18. The molecule has 6 rings (SSSR count). The van der Waals surface area contributed by atoms with Gasteiger partial charge >= 0.3 is 12.1 Å². The zero-order valence-corrected chi connectivity index (χ0v) is 81.2. The maximum absolute atomic E-state index is 15.0. The quantitative estimate of drug-likeness (QED) is 0.0116. The van der Waals surface area contributed by atoms with Gasteiger partial charge in [0.2, 0.25) is 41.4 Å². The maximum atomic E-state index is 15.0. The summed E-state index contributed by atoms with van der Waals surface area (Å²) in [6.45, 7) is 19.7. The molecular weight excluding hydrogens is 1750 g/mol. The zero-order valence-electron chi connectivity index (χ0n) is 80.4. The Bertz CT molecular complexity index is 4660. The third-order valence-electron chi connectivity index (χ3n) is 24.6. The van der Waals surface area contributed by atoms with E-state index in [-0.39, 0.29) is 183 Å². The Hall–Kier alpha value is -10.4. The molecule has 0 unspecified atom stereocenters. The lowest BCUT2D eigenvalue weighted by Crippen LogP contribution is -2.55. The number of Topliss-reactive ketones (excluding diaryl/α,β-unsaturated/α-hetero) is 4. The summed E-state index contributed by atoms with van der Waals surface area (Å²) in [6.07, 6.45) is -2.05. The third-order valence-corrected chi connectivity index (χ3v) is 25.3. The smallest absolute Gasteiger partial charge is 0.410 e. The van der Waals surface area contributed by atoms with Crippen molar-refractivity contribution >= 4 is 98.1 Å². The van der Waals surface area contributed by atoms with E-state index >= 15 is 4.79 Å². The van der Waals surface area contributed by atoms with Gasteiger partial charge < -0.3 is 90.2 Å². The number of primary amides is 1. The van der Waals surface area contributed by atoms with Crippen LogP contribution in [0.25, 0.3) is 0 Å². The number of benzene rings is 4. The number of nitrogens with one attached hydrogen (secondary N) is 5. The Kier molecular flexibility index (Phi) is 48.7. The molecule has 0 aromatic heterocycles. The number of urea groups is 1. The number of fused-ring (bicyclic) bond motifs is 2. The number of anilines is 2. The summed E-state index contributed by atoms with van der Waals surface area (Å²) < 4.78 is 72.4. The van der Waals surface area contributed by atoms with Crippen LogP contribution in [0.15, 0.2) is 103 Å². The fourth-order valence-electron chi connectivity index (χ4n) is 16.8. The van der Waals surface area contributed by atoms with Crippen molar-refractivity contribution in [2.45, 2.75) is 234 Å². The Balaban J connectivity index is 0.965. The predicted molar refractivity (Wildman–Crippen MR) is 505 cm³/mol. The topological polar surface area (TPSA) is 460 Å². The number of aliphatic hydroxyl groups excluding tert-OH is 1. The lowest BCUT2D eigenvalue weighted by atomic mass is 9.83. The molecule has 0 saturated carbocycles. The summed E-state index contributed by atoms with van der Waals surface area (Å²) in [7, 11) is 1.69. The zero-order chi connectivity index (χ0) is 98.7. The number of amides is 10. The second kappa shape index (κ2) is 58.1. The minimum absolute atomic E-state index is 0.0374. The van der Waals surface area contributed by atoms with E-state index in [1.807, 2.05) is 94.4 Å². The minimum Gasteiger partial charge on any atom is -0.445 e. The maximum Gasteiger partial charge on any atom is 0.410 e. The van der Waals surface area contributed by atoms with Gasteiger partial charge in [0.25, 0.3) is 10.1 Å². The van der Waals surface area contributed by atoms with E-state index < -0.39 is 154 Å². The molecule has 9 N–H and O–H groups in total. The van der Waals surface area contributed by atoms with Crippen LogP contribution >= 0.6 is 0 Å². The van der Waals surface area contributed by atoms with Crippen molar-refractivity contribution < 1.29 is 114 Å². The van der Waals surface area contributed by atoms with Crippen LogP contribution < -0.4 is 37.2 Å². The summed E-state index contributed by atoms with van der Waals surface area (Å²) in [5, 5.41) is 24.4. The van der Waals surface area contributed by atoms with Crippen LogP contribution in [0.4, 0.5) is 21.0 Å². The molecule has 2 heterocycles. The lowest BCUT2D eigenvalue weighted by molar-refractivity contribution is -0.149. The molecule has 0 bridgehead atoms. The highest BCUT2D eigenvalue weighted by atomic mass is 32.2. The number of ether oxygens (including phenoxy) is 7. The highest BCUT2D eigenvalue weighted by Gasteiger charge is 2.45. The number of methoxy groups -OCH3 is 2. The molecule has 2 aliphatic heterocycles. The molecule has 0 radical (unpaired) electrons. The number of nitrogens with two attached hydrogens (primary N) is 1. The number of carbonyl (C=O) groups excluding carboxylic acids is 13. The van der Waals surface area contributed by atoms with Crippen molar-refractivity contribution in [3.8, 4) is 11.8 Å².